The summed E-state index contributed by atoms with van der Waals surface area (Å²) in [6.07, 6.45) is 3.50. The first-order valence-corrected chi connectivity index (χ1v) is 14.9. The quantitative estimate of drug-likeness (QED) is 0.257. The predicted octanol–water partition coefficient (Wildman–Crippen LogP) is 5.43. The monoisotopic (exact) mass is 604 g/mol. The summed E-state index contributed by atoms with van der Waals surface area (Å²) in [5.74, 6) is 1.10. The van der Waals surface area contributed by atoms with Gasteiger partial charge in [-0.1, -0.05) is 30.8 Å². The lowest BCUT2D eigenvalue weighted by Gasteiger charge is -2.34. The average Bonchev–Trinajstić information content (AvgIpc) is 3.21. The minimum absolute atomic E-state index is 0.272. The highest BCUT2D eigenvalue weighted by Crippen LogP contribution is 2.36. The number of ether oxygens (including phenoxy) is 1. The van der Waals surface area contributed by atoms with Crippen LogP contribution in [0.2, 0.25) is 0 Å². The molecule has 1 fully saturated rings. The molecule has 230 valence electrons. The molecule has 2 N–H and O–H groups in total. The molecular formula is C34H36N8O3. The van der Waals surface area contributed by atoms with Crippen LogP contribution in [0.1, 0.15) is 5.56 Å². The highest BCUT2D eigenvalue weighted by Gasteiger charge is 2.32. The van der Waals surface area contributed by atoms with Gasteiger partial charge in [-0.3, -0.25) is 9.69 Å². The van der Waals surface area contributed by atoms with Gasteiger partial charge in [-0.25, -0.2) is 14.7 Å². The Morgan fingerprint density at radius 3 is 2.47 bits per heavy atom. The van der Waals surface area contributed by atoms with E-state index in [4.69, 9.17) is 9.72 Å². The van der Waals surface area contributed by atoms with Crippen LogP contribution in [-0.4, -0.2) is 73.7 Å². The molecule has 0 spiro atoms. The first kappa shape index (κ1) is 29.6. The molecule has 1 saturated heterocycles. The van der Waals surface area contributed by atoms with Crippen molar-refractivity contribution in [3.63, 3.8) is 0 Å². The summed E-state index contributed by atoms with van der Waals surface area (Å²) in [6, 6.07) is 22.4. The van der Waals surface area contributed by atoms with Gasteiger partial charge in [0.25, 0.3) is 0 Å². The van der Waals surface area contributed by atoms with Gasteiger partial charge in [0.05, 0.1) is 18.5 Å². The summed E-state index contributed by atoms with van der Waals surface area (Å²) in [6.45, 7) is 7.88. The van der Waals surface area contributed by atoms with Crippen LogP contribution in [0.5, 0.6) is 5.75 Å². The third-order valence-corrected chi connectivity index (χ3v) is 8.01. The molecule has 2 aliphatic heterocycles. The number of carbonyl (C=O) groups is 2. The highest BCUT2D eigenvalue weighted by atomic mass is 16.5. The van der Waals surface area contributed by atoms with Crippen molar-refractivity contribution in [1.29, 1.82) is 0 Å². The average molecular weight is 605 g/mol. The van der Waals surface area contributed by atoms with Gasteiger partial charge < -0.3 is 25.2 Å². The van der Waals surface area contributed by atoms with Crippen molar-refractivity contribution in [2.45, 2.75) is 6.42 Å². The molecule has 3 heterocycles. The number of aromatic nitrogens is 2. The normalized spacial score (nSPS) is 15.2. The zero-order chi connectivity index (χ0) is 31.3. The Bertz CT molecular complexity index is 1710. The summed E-state index contributed by atoms with van der Waals surface area (Å²) in [5.41, 5.74) is 4.46. The number of amides is 3. The molecule has 3 amide bonds. The minimum atomic E-state index is -0.345. The molecule has 11 nitrogen and oxygen atoms in total. The lowest BCUT2D eigenvalue weighted by molar-refractivity contribution is -0.111. The molecule has 0 atom stereocenters. The molecule has 4 aromatic rings. The van der Waals surface area contributed by atoms with Crippen molar-refractivity contribution in [2.75, 3.05) is 72.2 Å². The molecule has 0 aliphatic carbocycles. The number of carbonyl (C=O) groups excluding carboxylic acids is 2. The van der Waals surface area contributed by atoms with E-state index >= 15 is 0 Å². The van der Waals surface area contributed by atoms with Gasteiger partial charge >= 0.3 is 6.03 Å². The Labute approximate surface area is 262 Å². The number of rotatable bonds is 8. The highest BCUT2D eigenvalue weighted by molar-refractivity contribution is 6.09. The number of anilines is 7. The van der Waals surface area contributed by atoms with E-state index in [9.17, 15) is 9.59 Å². The lowest BCUT2D eigenvalue weighted by Crippen LogP contribution is -2.44. The maximum absolute atomic E-state index is 14.3. The SMILES string of the molecule is C=CC(=O)Nc1cccc(N2C(=O)N(c3ccccc3)CCc3cnc(Nc4ccc(N5CCN(C)CC5)cc4OC)nc32)c1. The molecular weight excluding hydrogens is 568 g/mol. The van der Waals surface area contributed by atoms with E-state index in [-0.39, 0.29) is 11.9 Å². The molecule has 0 bridgehead atoms. The standard InChI is InChI=1S/C34H36N8O3/c1-4-31(43)36-25-9-8-12-28(21-25)42-32-24(15-16-41(34(42)44)26-10-6-5-7-11-26)23-35-33(38-32)37-29-14-13-27(22-30(29)45-3)40-19-17-39(2)18-20-40/h4-14,21-23H,1,15-20H2,2-3H3,(H,36,43)(H,35,37,38). The maximum atomic E-state index is 14.3. The number of benzene rings is 3. The summed E-state index contributed by atoms with van der Waals surface area (Å²) in [5, 5.41) is 6.09. The second-order valence-corrected chi connectivity index (χ2v) is 10.9. The molecule has 1 aromatic heterocycles. The first-order valence-electron chi connectivity index (χ1n) is 14.9. The predicted molar refractivity (Wildman–Crippen MR) is 178 cm³/mol. The van der Waals surface area contributed by atoms with Crippen molar-refractivity contribution in [1.82, 2.24) is 14.9 Å². The number of urea groups is 1. The first-order chi connectivity index (χ1) is 21.9. The third kappa shape index (κ3) is 6.43. The fourth-order valence-corrected chi connectivity index (χ4v) is 5.53. The van der Waals surface area contributed by atoms with Gasteiger partial charge in [0.15, 0.2) is 0 Å². The van der Waals surface area contributed by atoms with E-state index in [1.54, 1.807) is 41.3 Å². The van der Waals surface area contributed by atoms with E-state index in [0.717, 1.165) is 43.1 Å². The van der Waals surface area contributed by atoms with Gasteiger partial charge in [0, 0.05) is 67.6 Å². The van der Waals surface area contributed by atoms with Gasteiger partial charge in [0.2, 0.25) is 11.9 Å². The summed E-state index contributed by atoms with van der Waals surface area (Å²) in [4.78, 5) is 43.8. The van der Waals surface area contributed by atoms with Crippen molar-refractivity contribution in [2.24, 2.45) is 0 Å². The number of nitrogens with one attached hydrogen (secondary N) is 2. The van der Waals surface area contributed by atoms with Gasteiger partial charge in [-0.2, -0.15) is 4.98 Å². The molecule has 0 unspecified atom stereocenters. The molecule has 2 aliphatic rings. The Morgan fingerprint density at radius 2 is 1.71 bits per heavy atom. The van der Waals surface area contributed by atoms with Crippen LogP contribution in [0, 0.1) is 0 Å². The molecule has 0 radical (unpaired) electrons. The van der Waals surface area contributed by atoms with Gasteiger partial charge in [-0.05, 0) is 62.0 Å². The van der Waals surface area contributed by atoms with E-state index in [1.807, 2.05) is 48.5 Å². The summed E-state index contributed by atoms with van der Waals surface area (Å²) >= 11 is 0. The van der Waals surface area contributed by atoms with Crippen LogP contribution in [-0.2, 0) is 11.2 Å². The zero-order valence-corrected chi connectivity index (χ0v) is 25.4. The van der Waals surface area contributed by atoms with E-state index < -0.39 is 0 Å². The molecule has 45 heavy (non-hydrogen) atoms. The Kier molecular flexibility index (Phi) is 8.61. The number of fused-ring (bicyclic) bond motifs is 1. The number of hydrogen-bond donors (Lipinski definition) is 2. The summed E-state index contributed by atoms with van der Waals surface area (Å²) < 4.78 is 5.76. The molecule has 6 rings (SSSR count). The van der Waals surface area contributed by atoms with Crippen molar-refractivity contribution >= 4 is 52.1 Å². The van der Waals surface area contributed by atoms with Crippen LogP contribution in [0.3, 0.4) is 0 Å². The fraction of sp³-hybridized carbons (Fsp3) is 0.235. The van der Waals surface area contributed by atoms with E-state index in [1.165, 1.54) is 6.08 Å². The summed E-state index contributed by atoms with van der Waals surface area (Å²) in [7, 11) is 3.78. The van der Waals surface area contributed by atoms with Crippen LogP contribution in [0.4, 0.5) is 45.0 Å². The Morgan fingerprint density at radius 1 is 0.933 bits per heavy atom. The molecule has 0 saturated carbocycles. The number of likely N-dealkylation sites (N-methyl/N-ethyl adjacent to an activating group) is 1. The van der Waals surface area contributed by atoms with Crippen molar-refractivity contribution < 1.29 is 14.3 Å². The van der Waals surface area contributed by atoms with Crippen LogP contribution >= 0.6 is 0 Å². The maximum Gasteiger partial charge on any atom is 0.334 e. The van der Waals surface area contributed by atoms with E-state index in [0.29, 0.717) is 47.5 Å². The topological polar surface area (TPSA) is 106 Å². The van der Waals surface area contributed by atoms with Gasteiger partial charge in [-0.15, -0.1) is 0 Å². The number of piperazine rings is 1. The second-order valence-electron chi connectivity index (χ2n) is 10.9. The number of para-hydroxylation sites is 1. The van der Waals surface area contributed by atoms with Crippen LogP contribution in [0.25, 0.3) is 0 Å². The molecule has 11 heteroatoms. The van der Waals surface area contributed by atoms with Crippen LogP contribution < -0.4 is 30.1 Å². The fourth-order valence-electron chi connectivity index (χ4n) is 5.53. The zero-order valence-electron chi connectivity index (χ0n) is 25.4. The lowest BCUT2D eigenvalue weighted by atomic mass is 10.2. The van der Waals surface area contributed by atoms with E-state index in [2.05, 4.69) is 45.1 Å². The van der Waals surface area contributed by atoms with Crippen molar-refractivity contribution in [3.05, 3.63) is 97.2 Å². The molecule has 3 aromatic carbocycles. The second kappa shape index (κ2) is 13.1. The largest absolute Gasteiger partial charge is 0.494 e. The Balaban J connectivity index is 1.36. The van der Waals surface area contributed by atoms with Gasteiger partial charge in [0.1, 0.15) is 11.6 Å². The minimum Gasteiger partial charge on any atom is -0.494 e. The number of methoxy groups -OCH3 is 1. The van der Waals surface area contributed by atoms with Crippen LogP contribution in [0.15, 0.2) is 91.6 Å². The third-order valence-electron chi connectivity index (χ3n) is 8.01. The Hall–Kier alpha value is -5.42. The number of hydrogen-bond acceptors (Lipinski definition) is 8. The smallest absolute Gasteiger partial charge is 0.334 e. The van der Waals surface area contributed by atoms with Crippen molar-refractivity contribution in [3.8, 4) is 5.75 Å². The number of nitrogens with zero attached hydrogens (tertiary/aromatic N) is 6.